The predicted molar refractivity (Wildman–Crippen MR) is 58.4 cm³/mol. The Hall–Kier alpha value is -1.30. The molecule has 0 aliphatic heterocycles. The fraction of sp³-hybridized carbons (Fsp3) is 0.778. The van der Waals surface area contributed by atoms with Crippen LogP contribution in [0, 0.1) is 0 Å². The molecule has 1 aromatic rings. The van der Waals surface area contributed by atoms with Crippen molar-refractivity contribution in [2.24, 2.45) is 5.73 Å². The van der Waals surface area contributed by atoms with Crippen LogP contribution in [0.15, 0.2) is 0 Å². The highest BCUT2D eigenvalue weighted by Gasteiger charge is 2.37. The first kappa shape index (κ1) is 10.2. The van der Waals surface area contributed by atoms with Gasteiger partial charge in [0.15, 0.2) is 5.82 Å². The number of aromatic nitrogens is 3. The van der Waals surface area contributed by atoms with Crippen molar-refractivity contribution in [1.82, 2.24) is 14.9 Å². The van der Waals surface area contributed by atoms with Gasteiger partial charge in [-0.25, -0.2) is 4.68 Å². The Bertz CT molecular complexity index is 338. The van der Waals surface area contributed by atoms with Crippen LogP contribution >= 0.6 is 0 Å². The first-order valence-corrected chi connectivity index (χ1v) is 5.36. The lowest BCUT2D eigenvalue weighted by Gasteiger charge is -2.34. The van der Waals surface area contributed by atoms with Crippen molar-refractivity contribution in [3.63, 3.8) is 0 Å². The van der Waals surface area contributed by atoms with Crippen molar-refractivity contribution in [1.29, 1.82) is 0 Å². The minimum Gasteiger partial charge on any atom is -0.366 e. The van der Waals surface area contributed by atoms with E-state index in [9.17, 15) is 0 Å². The van der Waals surface area contributed by atoms with E-state index in [0.29, 0.717) is 6.54 Å². The Labute approximate surface area is 88.8 Å². The van der Waals surface area contributed by atoms with Gasteiger partial charge in [0.25, 0.3) is 0 Å². The van der Waals surface area contributed by atoms with Gasteiger partial charge in [0, 0.05) is 12.0 Å². The van der Waals surface area contributed by atoms with E-state index in [-0.39, 0.29) is 11.4 Å². The van der Waals surface area contributed by atoms with E-state index in [2.05, 4.69) is 10.2 Å². The molecule has 0 amide bonds. The number of rotatable bonds is 2. The maximum absolute atomic E-state index is 5.87. The monoisotopic (exact) mass is 210 g/mol. The molecule has 6 N–H and O–H groups in total. The zero-order valence-corrected chi connectivity index (χ0v) is 8.82. The van der Waals surface area contributed by atoms with Gasteiger partial charge in [-0.15, -0.1) is 10.2 Å². The largest absolute Gasteiger partial charge is 0.366 e. The van der Waals surface area contributed by atoms with E-state index in [0.717, 1.165) is 18.7 Å². The van der Waals surface area contributed by atoms with Crippen LogP contribution in [-0.4, -0.2) is 21.4 Å². The van der Waals surface area contributed by atoms with Gasteiger partial charge in [0.2, 0.25) is 5.95 Å². The first-order valence-electron chi connectivity index (χ1n) is 5.36. The van der Waals surface area contributed by atoms with Crippen LogP contribution in [0.5, 0.6) is 0 Å². The number of hydrogen-bond acceptors (Lipinski definition) is 5. The van der Waals surface area contributed by atoms with E-state index in [1.54, 1.807) is 0 Å². The van der Waals surface area contributed by atoms with E-state index < -0.39 is 0 Å². The van der Waals surface area contributed by atoms with Gasteiger partial charge < -0.3 is 17.3 Å². The number of anilines is 1. The van der Waals surface area contributed by atoms with Crippen LogP contribution < -0.4 is 17.3 Å². The topological polar surface area (TPSA) is 109 Å². The van der Waals surface area contributed by atoms with Crippen molar-refractivity contribution < 1.29 is 0 Å². The van der Waals surface area contributed by atoms with Crippen LogP contribution in [0.2, 0.25) is 0 Å². The summed E-state index contributed by atoms with van der Waals surface area (Å²) in [6.45, 7) is 0.558. The predicted octanol–water partition coefficient (Wildman–Crippen LogP) is -0.265. The molecule has 1 fully saturated rings. The third kappa shape index (κ3) is 1.54. The molecule has 2 rings (SSSR count). The Morgan fingerprint density at radius 2 is 1.87 bits per heavy atom. The zero-order chi connectivity index (χ0) is 10.9. The molecule has 1 aliphatic carbocycles. The highest BCUT2D eigenvalue weighted by Crippen LogP contribution is 2.37. The lowest BCUT2D eigenvalue weighted by atomic mass is 9.73. The van der Waals surface area contributed by atoms with Gasteiger partial charge >= 0.3 is 0 Å². The molecule has 0 saturated heterocycles. The van der Waals surface area contributed by atoms with Crippen LogP contribution in [-0.2, 0) is 5.41 Å². The van der Waals surface area contributed by atoms with Gasteiger partial charge in [-0.3, -0.25) is 0 Å². The smallest absolute Gasteiger partial charge is 0.240 e. The van der Waals surface area contributed by atoms with Crippen LogP contribution in [0.25, 0.3) is 0 Å². The second-order valence-corrected chi connectivity index (χ2v) is 4.30. The molecule has 0 unspecified atom stereocenters. The molecule has 84 valence electrons. The van der Waals surface area contributed by atoms with E-state index >= 15 is 0 Å². The summed E-state index contributed by atoms with van der Waals surface area (Å²) in [6.07, 6.45) is 5.65. The summed E-state index contributed by atoms with van der Waals surface area (Å²) < 4.78 is 1.37. The van der Waals surface area contributed by atoms with E-state index in [1.165, 1.54) is 23.9 Å². The molecule has 0 aromatic carbocycles. The van der Waals surface area contributed by atoms with E-state index in [1.807, 2.05) is 0 Å². The van der Waals surface area contributed by atoms with Gasteiger partial charge in [-0.2, -0.15) is 0 Å². The molecule has 0 bridgehead atoms. The fourth-order valence-electron chi connectivity index (χ4n) is 2.41. The third-order valence-corrected chi connectivity index (χ3v) is 3.40. The summed E-state index contributed by atoms with van der Waals surface area (Å²) in [7, 11) is 0. The average molecular weight is 210 g/mol. The third-order valence-electron chi connectivity index (χ3n) is 3.40. The van der Waals surface area contributed by atoms with Crippen molar-refractivity contribution in [2.75, 3.05) is 18.1 Å². The molecular weight excluding hydrogens is 192 g/mol. The van der Waals surface area contributed by atoms with Crippen molar-refractivity contribution in [3.05, 3.63) is 5.82 Å². The molecule has 0 spiro atoms. The SMILES string of the molecule is NCC1(c2nnc(N)n2N)CCCCC1. The summed E-state index contributed by atoms with van der Waals surface area (Å²) >= 11 is 0. The van der Waals surface area contributed by atoms with Gasteiger partial charge in [0.05, 0.1) is 0 Å². The summed E-state index contributed by atoms with van der Waals surface area (Å²) in [4.78, 5) is 0. The Morgan fingerprint density at radius 3 is 2.33 bits per heavy atom. The summed E-state index contributed by atoms with van der Waals surface area (Å²) in [6, 6.07) is 0. The molecule has 15 heavy (non-hydrogen) atoms. The molecule has 0 radical (unpaired) electrons. The quantitative estimate of drug-likeness (QED) is 0.582. The Morgan fingerprint density at radius 1 is 1.20 bits per heavy atom. The molecule has 1 aliphatic rings. The van der Waals surface area contributed by atoms with Gasteiger partial charge in [0.1, 0.15) is 0 Å². The molecule has 1 heterocycles. The number of nitrogens with two attached hydrogens (primary N) is 3. The van der Waals surface area contributed by atoms with Crippen molar-refractivity contribution in [3.8, 4) is 0 Å². The number of nitrogen functional groups attached to an aromatic ring is 2. The van der Waals surface area contributed by atoms with E-state index in [4.69, 9.17) is 17.3 Å². The molecule has 6 nitrogen and oxygen atoms in total. The second kappa shape index (κ2) is 3.69. The number of nitrogens with zero attached hydrogens (tertiary/aromatic N) is 3. The summed E-state index contributed by atoms with van der Waals surface area (Å²) in [5.74, 6) is 6.80. The molecular formula is C9H18N6. The van der Waals surface area contributed by atoms with Crippen LogP contribution in [0.3, 0.4) is 0 Å². The molecule has 0 atom stereocenters. The minimum atomic E-state index is -0.113. The molecule has 6 heteroatoms. The van der Waals surface area contributed by atoms with Crippen molar-refractivity contribution >= 4 is 5.95 Å². The highest BCUT2D eigenvalue weighted by molar-refractivity contribution is 5.23. The molecule has 1 aromatic heterocycles. The van der Waals surface area contributed by atoms with Crippen molar-refractivity contribution in [2.45, 2.75) is 37.5 Å². The molecule has 1 saturated carbocycles. The lowest BCUT2D eigenvalue weighted by molar-refractivity contribution is 0.281. The Kier molecular flexibility index (Phi) is 2.52. The average Bonchev–Trinajstić information content (AvgIpc) is 2.61. The zero-order valence-electron chi connectivity index (χ0n) is 8.82. The minimum absolute atomic E-state index is 0.113. The Balaban J connectivity index is 2.36. The highest BCUT2D eigenvalue weighted by atomic mass is 15.4. The maximum Gasteiger partial charge on any atom is 0.240 e. The van der Waals surface area contributed by atoms with Crippen LogP contribution in [0.1, 0.15) is 37.9 Å². The van der Waals surface area contributed by atoms with Crippen LogP contribution in [0.4, 0.5) is 5.95 Å². The second-order valence-electron chi connectivity index (χ2n) is 4.30. The summed E-state index contributed by atoms with van der Waals surface area (Å²) in [5, 5.41) is 7.86. The normalized spacial score (nSPS) is 20.3. The maximum atomic E-state index is 5.87. The number of hydrogen-bond donors (Lipinski definition) is 3. The lowest BCUT2D eigenvalue weighted by Crippen LogP contribution is -2.41. The first-order chi connectivity index (χ1) is 7.19. The van der Waals surface area contributed by atoms with Gasteiger partial charge in [-0.05, 0) is 12.8 Å². The van der Waals surface area contributed by atoms with Gasteiger partial charge in [-0.1, -0.05) is 19.3 Å². The standard InChI is InChI=1S/C9H18N6/c10-6-9(4-2-1-3-5-9)7-13-14-8(11)15(7)12/h1-6,10,12H2,(H2,11,14). The summed E-state index contributed by atoms with van der Waals surface area (Å²) in [5.41, 5.74) is 11.3. The fourth-order valence-corrected chi connectivity index (χ4v) is 2.41.